The van der Waals surface area contributed by atoms with Crippen LogP contribution in [0.4, 0.5) is 4.39 Å². The van der Waals surface area contributed by atoms with Crippen molar-refractivity contribution in [1.29, 1.82) is 0 Å². The maximum absolute atomic E-state index is 13.0. The van der Waals surface area contributed by atoms with Gasteiger partial charge in [-0.05, 0) is 44.9 Å². The van der Waals surface area contributed by atoms with Crippen LogP contribution in [-0.2, 0) is 15.1 Å². The predicted molar refractivity (Wildman–Crippen MR) is 73.3 cm³/mol. The number of carbonyl (C=O) groups excluding carboxylic acids is 1. The van der Waals surface area contributed by atoms with E-state index in [2.05, 4.69) is 5.32 Å². The van der Waals surface area contributed by atoms with Gasteiger partial charge in [0.15, 0.2) is 0 Å². The predicted octanol–water partition coefficient (Wildman–Crippen LogP) is 2.99. The molecule has 4 heteroatoms. The molecule has 106 valence electrons. The summed E-state index contributed by atoms with van der Waals surface area (Å²) in [6.07, 6.45) is 0.885. The van der Waals surface area contributed by atoms with E-state index in [4.69, 9.17) is 4.74 Å². The van der Waals surface area contributed by atoms with E-state index in [9.17, 15) is 9.18 Å². The first-order chi connectivity index (χ1) is 8.93. The lowest BCUT2D eigenvalue weighted by Crippen LogP contribution is -2.51. The number of halogens is 1. The Kier molecular flexibility index (Phi) is 5.48. The van der Waals surface area contributed by atoms with Gasteiger partial charge in [-0.3, -0.25) is 5.32 Å². The van der Waals surface area contributed by atoms with Crippen LogP contribution in [0.2, 0.25) is 0 Å². The smallest absolute Gasteiger partial charge is 0.330 e. The first-order valence-corrected chi connectivity index (χ1v) is 6.65. The molecule has 2 atom stereocenters. The largest absolute Gasteiger partial charge is 0.464 e. The van der Waals surface area contributed by atoms with E-state index in [0.717, 1.165) is 6.42 Å². The molecule has 0 amide bonds. The van der Waals surface area contributed by atoms with Crippen molar-refractivity contribution in [3.63, 3.8) is 0 Å². The second-order valence-corrected chi connectivity index (χ2v) is 4.81. The Bertz CT molecular complexity index is 419. The van der Waals surface area contributed by atoms with Crippen molar-refractivity contribution in [2.45, 2.75) is 45.7 Å². The highest BCUT2D eigenvalue weighted by molar-refractivity contribution is 5.82. The molecule has 0 radical (unpaired) electrons. The molecule has 1 N–H and O–H groups in total. The topological polar surface area (TPSA) is 38.3 Å². The standard InChI is InChI=1S/C15H22FNO2/c1-5-11(3)17-15(4,14(18)19-6-2)12-7-9-13(16)10-8-12/h7-11,17H,5-6H2,1-4H3. The number of hydrogen-bond donors (Lipinski definition) is 1. The summed E-state index contributed by atoms with van der Waals surface area (Å²) >= 11 is 0. The van der Waals surface area contributed by atoms with E-state index in [1.807, 2.05) is 13.8 Å². The van der Waals surface area contributed by atoms with Crippen LogP contribution in [0.25, 0.3) is 0 Å². The van der Waals surface area contributed by atoms with Gasteiger partial charge in [-0.15, -0.1) is 0 Å². The normalized spacial score (nSPS) is 15.6. The molecule has 1 rings (SSSR count). The van der Waals surface area contributed by atoms with Crippen molar-refractivity contribution in [3.8, 4) is 0 Å². The summed E-state index contributed by atoms with van der Waals surface area (Å²) in [6.45, 7) is 7.89. The van der Waals surface area contributed by atoms with Gasteiger partial charge in [0, 0.05) is 6.04 Å². The summed E-state index contributed by atoms with van der Waals surface area (Å²) in [6, 6.07) is 6.08. The van der Waals surface area contributed by atoms with Crippen molar-refractivity contribution in [3.05, 3.63) is 35.6 Å². The minimum atomic E-state index is -0.959. The molecule has 0 aliphatic carbocycles. The number of benzene rings is 1. The maximum Gasteiger partial charge on any atom is 0.330 e. The average molecular weight is 267 g/mol. The van der Waals surface area contributed by atoms with Gasteiger partial charge in [0.25, 0.3) is 0 Å². The van der Waals surface area contributed by atoms with Crippen LogP contribution in [0.1, 0.15) is 39.7 Å². The molecule has 1 aromatic carbocycles. The Morgan fingerprint density at radius 1 is 1.37 bits per heavy atom. The van der Waals surface area contributed by atoms with E-state index in [-0.39, 0.29) is 17.8 Å². The molecular weight excluding hydrogens is 245 g/mol. The lowest BCUT2D eigenvalue weighted by atomic mass is 9.90. The molecule has 0 fully saturated rings. The lowest BCUT2D eigenvalue weighted by molar-refractivity contribution is -0.151. The second kappa shape index (κ2) is 6.66. The van der Waals surface area contributed by atoms with Gasteiger partial charge < -0.3 is 4.74 Å². The summed E-state index contributed by atoms with van der Waals surface area (Å²) in [5.41, 5.74) is -0.258. The molecule has 0 saturated carbocycles. The number of nitrogens with one attached hydrogen (secondary N) is 1. The third-order valence-electron chi connectivity index (χ3n) is 3.25. The van der Waals surface area contributed by atoms with Crippen molar-refractivity contribution in [2.24, 2.45) is 0 Å². The molecular formula is C15H22FNO2. The third-order valence-corrected chi connectivity index (χ3v) is 3.25. The van der Waals surface area contributed by atoms with Crippen molar-refractivity contribution in [1.82, 2.24) is 5.32 Å². The number of esters is 1. The third kappa shape index (κ3) is 3.77. The maximum atomic E-state index is 13.0. The van der Waals surface area contributed by atoms with Crippen LogP contribution in [0.5, 0.6) is 0 Å². The van der Waals surface area contributed by atoms with Gasteiger partial charge in [0.2, 0.25) is 0 Å². The summed E-state index contributed by atoms with van der Waals surface area (Å²) in [5.74, 6) is -0.666. The van der Waals surface area contributed by atoms with E-state index in [1.165, 1.54) is 12.1 Å². The average Bonchev–Trinajstić information content (AvgIpc) is 2.39. The van der Waals surface area contributed by atoms with Gasteiger partial charge in [-0.25, -0.2) is 9.18 Å². The molecule has 3 nitrogen and oxygen atoms in total. The van der Waals surface area contributed by atoms with Crippen molar-refractivity contribution >= 4 is 5.97 Å². The zero-order valence-electron chi connectivity index (χ0n) is 12.0. The fourth-order valence-electron chi connectivity index (χ4n) is 1.91. The fraction of sp³-hybridized carbons (Fsp3) is 0.533. The molecule has 0 spiro atoms. The van der Waals surface area contributed by atoms with Crippen LogP contribution < -0.4 is 5.32 Å². The Balaban J connectivity index is 3.10. The first kappa shape index (κ1) is 15.6. The van der Waals surface area contributed by atoms with Gasteiger partial charge >= 0.3 is 5.97 Å². The van der Waals surface area contributed by atoms with E-state index >= 15 is 0 Å². The zero-order valence-corrected chi connectivity index (χ0v) is 12.0. The van der Waals surface area contributed by atoms with Gasteiger partial charge in [0.1, 0.15) is 11.4 Å². The van der Waals surface area contributed by atoms with Crippen molar-refractivity contribution in [2.75, 3.05) is 6.61 Å². The molecule has 0 bridgehead atoms. The summed E-state index contributed by atoms with van der Waals surface area (Å²) in [5, 5.41) is 3.27. The van der Waals surface area contributed by atoms with Gasteiger partial charge in [0.05, 0.1) is 6.61 Å². The molecule has 0 saturated heterocycles. The van der Waals surface area contributed by atoms with Crippen molar-refractivity contribution < 1.29 is 13.9 Å². The number of carbonyl (C=O) groups is 1. The van der Waals surface area contributed by atoms with Crippen LogP contribution in [0, 0.1) is 5.82 Å². The van der Waals surface area contributed by atoms with Gasteiger partial charge in [-0.1, -0.05) is 19.1 Å². The fourth-order valence-corrected chi connectivity index (χ4v) is 1.91. The molecule has 0 aliphatic heterocycles. The van der Waals surface area contributed by atoms with Crippen LogP contribution in [0.15, 0.2) is 24.3 Å². The van der Waals surface area contributed by atoms with E-state index in [1.54, 1.807) is 26.0 Å². The Morgan fingerprint density at radius 2 is 1.95 bits per heavy atom. The molecule has 2 unspecified atom stereocenters. The minimum Gasteiger partial charge on any atom is -0.464 e. The molecule has 1 aromatic rings. The van der Waals surface area contributed by atoms with Crippen LogP contribution in [0.3, 0.4) is 0 Å². The monoisotopic (exact) mass is 267 g/mol. The second-order valence-electron chi connectivity index (χ2n) is 4.81. The Morgan fingerprint density at radius 3 is 2.42 bits per heavy atom. The van der Waals surface area contributed by atoms with E-state index in [0.29, 0.717) is 12.2 Å². The SMILES string of the molecule is CCOC(=O)C(C)(NC(C)CC)c1ccc(F)cc1. The highest BCUT2D eigenvalue weighted by Crippen LogP contribution is 2.24. The number of hydrogen-bond acceptors (Lipinski definition) is 3. The quantitative estimate of drug-likeness (QED) is 0.805. The summed E-state index contributed by atoms with van der Waals surface area (Å²) in [7, 11) is 0. The highest BCUT2D eigenvalue weighted by Gasteiger charge is 2.37. The summed E-state index contributed by atoms with van der Waals surface area (Å²) in [4.78, 5) is 12.2. The van der Waals surface area contributed by atoms with Crippen LogP contribution >= 0.6 is 0 Å². The Hall–Kier alpha value is -1.42. The zero-order chi connectivity index (χ0) is 14.5. The van der Waals surface area contributed by atoms with E-state index < -0.39 is 5.54 Å². The molecule has 0 aromatic heterocycles. The molecule has 19 heavy (non-hydrogen) atoms. The summed E-state index contributed by atoms with van der Waals surface area (Å²) < 4.78 is 18.2. The van der Waals surface area contributed by atoms with Gasteiger partial charge in [-0.2, -0.15) is 0 Å². The Labute approximate surface area is 114 Å². The van der Waals surface area contributed by atoms with Crippen LogP contribution in [-0.4, -0.2) is 18.6 Å². The number of ether oxygens (including phenoxy) is 1. The number of rotatable bonds is 6. The minimum absolute atomic E-state index is 0.152. The molecule has 0 aliphatic rings. The lowest BCUT2D eigenvalue weighted by Gasteiger charge is -2.32. The first-order valence-electron chi connectivity index (χ1n) is 6.65. The molecule has 0 heterocycles. The highest BCUT2D eigenvalue weighted by atomic mass is 19.1.